The van der Waals surface area contributed by atoms with Gasteiger partial charge in [0.15, 0.2) is 11.6 Å². The molecule has 1 aromatic heterocycles. The maximum atomic E-state index is 13.4. The summed E-state index contributed by atoms with van der Waals surface area (Å²) in [6.45, 7) is 6.48. The van der Waals surface area contributed by atoms with Crippen LogP contribution < -0.4 is 5.32 Å². The molecule has 1 atom stereocenters. The van der Waals surface area contributed by atoms with Gasteiger partial charge in [-0.25, -0.2) is 0 Å². The van der Waals surface area contributed by atoms with Gasteiger partial charge in [0, 0.05) is 29.2 Å². The molecule has 1 unspecified atom stereocenters. The number of nitrogens with one attached hydrogen (secondary N) is 2. The fourth-order valence-electron chi connectivity index (χ4n) is 4.90. The van der Waals surface area contributed by atoms with Crippen molar-refractivity contribution in [2.45, 2.75) is 46.0 Å². The lowest BCUT2D eigenvalue weighted by molar-refractivity contribution is -0.118. The van der Waals surface area contributed by atoms with E-state index in [0.717, 1.165) is 52.3 Å². The second-order valence-corrected chi connectivity index (χ2v) is 9.21. The normalized spacial score (nSPS) is 19.8. The van der Waals surface area contributed by atoms with Gasteiger partial charge in [0.2, 0.25) is 0 Å². The number of hydrogen-bond donors (Lipinski definition) is 2. The lowest BCUT2D eigenvalue weighted by Gasteiger charge is -2.38. The van der Waals surface area contributed by atoms with Crippen LogP contribution in [0.3, 0.4) is 0 Å². The van der Waals surface area contributed by atoms with Crippen LogP contribution in [0.2, 0.25) is 0 Å². The Hall–Kier alpha value is -3.14. The van der Waals surface area contributed by atoms with E-state index in [9.17, 15) is 4.79 Å². The summed E-state index contributed by atoms with van der Waals surface area (Å²) in [7, 11) is 0. The highest BCUT2D eigenvalue weighted by Gasteiger charge is 2.42. The third-order valence-electron chi connectivity index (χ3n) is 6.35. The van der Waals surface area contributed by atoms with Gasteiger partial charge in [0.05, 0.1) is 5.69 Å². The van der Waals surface area contributed by atoms with Crippen molar-refractivity contribution in [3.8, 4) is 11.3 Å². The Morgan fingerprint density at radius 2 is 1.77 bits per heavy atom. The lowest BCUT2D eigenvalue weighted by atomic mass is 9.69. The van der Waals surface area contributed by atoms with Crippen molar-refractivity contribution in [3.63, 3.8) is 0 Å². The highest BCUT2D eigenvalue weighted by Crippen LogP contribution is 2.50. The van der Waals surface area contributed by atoms with E-state index < -0.39 is 0 Å². The molecule has 5 rings (SSSR count). The molecule has 2 heterocycles. The second-order valence-electron chi connectivity index (χ2n) is 9.21. The smallest absolute Gasteiger partial charge is 0.162 e. The van der Waals surface area contributed by atoms with Gasteiger partial charge in [0.1, 0.15) is 0 Å². The molecule has 0 fully saturated rings. The van der Waals surface area contributed by atoms with Gasteiger partial charge in [-0.15, -0.1) is 0 Å². The van der Waals surface area contributed by atoms with Crippen molar-refractivity contribution < 1.29 is 4.79 Å². The quantitative estimate of drug-likeness (QED) is 0.584. The number of carbonyl (C=O) groups excluding carboxylic acids is 1. The molecule has 1 aliphatic heterocycles. The standard InChI is InChI=1S/C26H27N3O/c1-4-16-10-12-18(13-11-16)24-23-21(17-8-6-5-7-9-17)22-19(27-25(23)29-28-24)14-26(2,3)15-20(22)30/h5-13,21H,4,14-15H2,1-3H3,(H2,27,28,29). The number of rotatable bonds is 3. The van der Waals surface area contributed by atoms with Gasteiger partial charge in [-0.1, -0.05) is 75.4 Å². The van der Waals surface area contributed by atoms with Crippen molar-refractivity contribution >= 4 is 11.6 Å². The summed E-state index contributed by atoms with van der Waals surface area (Å²) in [6.07, 6.45) is 2.44. The third kappa shape index (κ3) is 3.07. The molecular weight excluding hydrogens is 370 g/mol. The third-order valence-corrected chi connectivity index (χ3v) is 6.35. The van der Waals surface area contributed by atoms with Crippen molar-refractivity contribution in [1.82, 2.24) is 10.2 Å². The van der Waals surface area contributed by atoms with E-state index in [2.05, 4.69) is 72.7 Å². The average molecular weight is 398 g/mol. The molecule has 152 valence electrons. The van der Waals surface area contributed by atoms with Gasteiger partial charge in [0.25, 0.3) is 0 Å². The monoisotopic (exact) mass is 397 g/mol. The maximum Gasteiger partial charge on any atom is 0.162 e. The zero-order chi connectivity index (χ0) is 20.9. The van der Waals surface area contributed by atoms with E-state index in [1.807, 2.05) is 18.2 Å². The van der Waals surface area contributed by atoms with Crippen LogP contribution in [0.4, 0.5) is 5.82 Å². The van der Waals surface area contributed by atoms with Gasteiger partial charge < -0.3 is 5.32 Å². The van der Waals surface area contributed by atoms with E-state index in [4.69, 9.17) is 0 Å². The van der Waals surface area contributed by atoms with Crippen molar-refractivity contribution in [3.05, 3.63) is 82.6 Å². The Morgan fingerprint density at radius 3 is 2.47 bits per heavy atom. The summed E-state index contributed by atoms with van der Waals surface area (Å²) >= 11 is 0. The molecule has 0 saturated heterocycles. The molecule has 2 aromatic carbocycles. The fourth-order valence-corrected chi connectivity index (χ4v) is 4.90. The zero-order valence-electron chi connectivity index (χ0n) is 17.8. The number of hydrogen-bond acceptors (Lipinski definition) is 3. The molecule has 0 amide bonds. The number of aromatic amines is 1. The number of ketones is 1. The summed E-state index contributed by atoms with van der Waals surface area (Å²) < 4.78 is 0. The second kappa shape index (κ2) is 6.98. The van der Waals surface area contributed by atoms with Crippen molar-refractivity contribution in [2.75, 3.05) is 5.32 Å². The Kier molecular flexibility index (Phi) is 4.39. The summed E-state index contributed by atoms with van der Waals surface area (Å²) in [6, 6.07) is 19.0. The Labute approximate surface area is 177 Å². The minimum absolute atomic E-state index is 0.0449. The first-order chi connectivity index (χ1) is 14.5. The number of aromatic nitrogens is 2. The van der Waals surface area contributed by atoms with Crippen LogP contribution in [0.15, 0.2) is 65.9 Å². The van der Waals surface area contributed by atoms with Gasteiger partial charge >= 0.3 is 0 Å². The summed E-state index contributed by atoms with van der Waals surface area (Å²) in [5, 5.41) is 11.4. The molecule has 3 aromatic rings. The molecule has 30 heavy (non-hydrogen) atoms. The van der Waals surface area contributed by atoms with Crippen LogP contribution in [-0.4, -0.2) is 16.0 Å². The lowest BCUT2D eigenvalue weighted by Crippen LogP contribution is -2.33. The molecule has 0 bridgehead atoms. The van der Waals surface area contributed by atoms with Gasteiger partial charge in [-0.3, -0.25) is 9.89 Å². The van der Waals surface area contributed by atoms with Crippen LogP contribution in [0.25, 0.3) is 11.3 Å². The first-order valence-corrected chi connectivity index (χ1v) is 10.7. The van der Waals surface area contributed by atoms with E-state index in [1.54, 1.807) is 0 Å². The Morgan fingerprint density at radius 1 is 1.03 bits per heavy atom. The molecule has 0 saturated carbocycles. The molecular formula is C26H27N3O. The fraction of sp³-hybridized carbons (Fsp3) is 0.308. The number of H-pyrrole nitrogens is 1. The Bertz CT molecular complexity index is 1140. The van der Waals surface area contributed by atoms with Crippen molar-refractivity contribution in [2.24, 2.45) is 5.41 Å². The minimum Gasteiger partial charge on any atom is -0.342 e. The average Bonchev–Trinajstić information content (AvgIpc) is 3.15. The van der Waals surface area contributed by atoms with E-state index in [0.29, 0.717) is 6.42 Å². The van der Waals surface area contributed by atoms with Gasteiger partial charge in [-0.2, -0.15) is 5.10 Å². The molecule has 4 heteroatoms. The number of aryl methyl sites for hydroxylation is 1. The van der Waals surface area contributed by atoms with E-state index in [-0.39, 0.29) is 17.1 Å². The maximum absolute atomic E-state index is 13.4. The minimum atomic E-state index is -0.111. The molecule has 4 nitrogen and oxygen atoms in total. The SMILES string of the molecule is CCc1ccc(-c2[nH]nc3c2C(c2ccccc2)C2=C(CC(C)(C)CC2=O)N3)cc1. The predicted octanol–water partition coefficient (Wildman–Crippen LogP) is 5.84. The highest BCUT2D eigenvalue weighted by atomic mass is 16.1. The first kappa shape index (κ1) is 18.9. The number of allylic oxidation sites excluding steroid dienone is 2. The molecule has 0 spiro atoms. The van der Waals surface area contributed by atoms with E-state index in [1.165, 1.54) is 5.56 Å². The number of benzene rings is 2. The Balaban J connectivity index is 1.70. The number of nitrogens with zero attached hydrogens (tertiary/aromatic N) is 1. The first-order valence-electron chi connectivity index (χ1n) is 10.7. The van der Waals surface area contributed by atoms with E-state index >= 15 is 0 Å². The van der Waals surface area contributed by atoms with Crippen LogP contribution in [-0.2, 0) is 11.2 Å². The van der Waals surface area contributed by atoms with Crippen LogP contribution in [0.5, 0.6) is 0 Å². The highest BCUT2D eigenvalue weighted by molar-refractivity contribution is 6.02. The molecule has 2 N–H and O–H groups in total. The van der Waals surface area contributed by atoms with Crippen LogP contribution in [0, 0.1) is 5.41 Å². The topological polar surface area (TPSA) is 57.8 Å². The number of anilines is 1. The number of fused-ring (bicyclic) bond motifs is 1. The summed E-state index contributed by atoms with van der Waals surface area (Å²) in [5.41, 5.74) is 7.47. The largest absolute Gasteiger partial charge is 0.342 e. The molecule has 0 radical (unpaired) electrons. The molecule has 2 aliphatic rings. The zero-order valence-corrected chi connectivity index (χ0v) is 17.8. The number of Topliss-reactive ketones (excluding diaryl/α,β-unsaturated/α-hetero) is 1. The molecule has 1 aliphatic carbocycles. The summed E-state index contributed by atoms with van der Waals surface area (Å²) in [5.74, 6) is 0.963. The van der Waals surface area contributed by atoms with Crippen LogP contribution in [0.1, 0.15) is 56.2 Å². The number of carbonyl (C=O) groups is 1. The van der Waals surface area contributed by atoms with Gasteiger partial charge in [-0.05, 0) is 34.9 Å². The summed E-state index contributed by atoms with van der Waals surface area (Å²) in [4.78, 5) is 13.4. The van der Waals surface area contributed by atoms with Crippen LogP contribution >= 0.6 is 0 Å². The van der Waals surface area contributed by atoms with Crippen molar-refractivity contribution in [1.29, 1.82) is 0 Å². The predicted molar refractivity (Wildman–Crippen MR) is 120 cm³/mol.